The number of sulfonamides is 1. The lowest BCUT2D eigenvalue weighted by Crippen LogP contribution is -2.14. The van der Waals surface area contributed by atoms with Gasteiger partial charge in [0.05, 0.1) is 21.6 Å². The summed E-state index contributed by atoms with van der Waals surface area (Å²) in [5, 5.41) is 0.420. The summed E-state index contributed by atoms with van der Waals surface area (Å²) in [6.07, 6.45) is 0. The lowest BCUT2D eigenvalue weighted by molar-refractivity contribution is 0.600. The summed E-state index contributed by atoms with van der Waals surface area (Å²) >= 11 is 6.02. The van der Waals surface area contributed by atoms with E-state index in [1.54, 1.807) is 31.2 Å². The smallest absolute Gasteiger partial charge is 0.262 e. The van der Waals surface area contributed by atoms with Crippen molar-refractivity contribution >= 4 is 38.3 Å². The van der Waals surface area contributed by atoms with Gasteiger partial charge in [0, 0.05) is 12.1 Å². The third-order valence-corrected chi connectivity index (χ3v) is 5.80. The summed E-state index contributed by atoms with van der Waals surface area (Å²) in [5.74, 6) is 0.866. The molecule has 5 nitrogen and oxygen atoms in total. The minimum Gasteiger partial charge on any atom is -0.331 e. The zero-order valence-electron chi connectivity index (χ0n) is 15.0. The fourth-order valence-electron chi connectivity index (χ4n) is 2.47. The van der Waals surface area contributed by atoms with Gasteiger partial charge in [0.2, 0.25) is 0 Å². The highest BCUT2D eigenvalue weighted by atomic mass is 35.5. The van der Waals surface area contributed by atoms with Crippen LogP contribution in [0.15, 0.2) is 41.3 Å². The molecule has 1 N–H and O–H groups in total. The summed E-state index contributed by atoms with van der Waals surface area (Å²) in [4.78, 5) is 4.58. The first kappa shape index (κ1) is 19.3. The number of aromatic nitrogens is 2. The van der Waals surface area contributed by atoms with E-state index in [4.69, 9.17) is 11.6 Å². The van der Waals surface area contributed by atoms with E-state index in [9.17, 15) is 8.42 Å². The molecule has 134 valence electrons. The Balaban J connectivity index is 0.00000109. The van der Waals surface area contributed by atoms with E-state index in [1.165, 1.54) is 6.07 Å². The Morgan fingerprint density at radius 1 is 1.12 bits per heavy atom. The van der Waals surface area contributed by atoms with Crippen molar-refractivity contribution in [3.63, 3.8) is 0 Å². The number of aryl methyl sites for hydroxylation is 2. The van der Waals surface area contributed by atoms with E-state index in [2.05, 4.69) is 9.71 Å². The monoisotopic (exact) mass is 379 g/mol. The molecule has 3 rings (SSSR count). The average Bonchev–Trinajstić information content (AvgIpc) is 2.85. The fraction of sp³-hybridized carbons (Fsp3) is 0.278. The maximum Gasteiger partial charge on any atom is 0.262 e. The lowest BCUT2D eigenvalue weighted by Gasteiger charge is -2.11. The Bertz CT molecular complexity index is 1010. The highest BCUT2D eigenvalue weighted by Crippen LogP contribution is 2.26. The first-order valence-electron chi connectivity index (χ1n) is 8.00. The van der Waals surface area contributed by atoms with Crippen molar-refractivity contribution < 1.29 is 8.42 Å². The van der Waals surface area contributed by atoms with Gasteiger partial charge >= 0.3 is 0 Å². The van der Waals surface area contributed by atoms with Crippen LogP contribution < -0.4 is 4.72 Å². The number of nitrogens with zero attached hydrogens (tertiary/aromatic N) is 2. The molecule has 3 aromatic rings. The average molecular weight is 380 g/mol. The predicted octanol–water partition coefficient (Wildman–Crippen LogP) is 4.67. The Labute approximate surface area is 153 Å². The van der Waals surface area contributed by atoms with Gasteiger partial charge in [-0.2, -0.15) is 0 Å². The number of benzene rings is 2. The van der Waals surface area contributed by atoms with Crippen LogP contribution >= 0.6 is 11.6 Å². The molecule has 0 aliphatic rings. The molecule has 0 bridgehead atoms. The van der Waals surface area contributed by atoms with Crippen LogP contribution in [0.1, 0.15) is 25.2 Å². The number of anilines is 1. The molecule has 0 saturated carbocycles. The Morgan fingerprint density at radius 3 is 2.48 bits per heavy atom. The minimum absolute atomic E-state index is 0.169. The Morgan fingerprint density at radius 2 is 1.80 bits per heavy atom. The fourth-order valence-corrected chi connectivity index (χ4v) is 4.02. The van der Waals surface area contributed by atoms with Crippen LogP contribution in [0.25, 0.3) is 11.0 Å². The van der Waals surface area contributed by atoms with Crippen molar-refractivity contribution in [2.24, 2.45) is 7.05 Å². The number of nitrogens with one attached hydrogen (secondary N) is 1. The van der Waals surface area contributed by atoms with Crippen molar-refractivity contribution in [3.05, 3.63) is 52.8 Å². The number of fused-ring (bicyclic) bond motifs is 1. The van der Waals surface area contributed by atoms with E-state index in [0.717, 1.165) is 16.9 Å². The maximum absolute atomic E-state index is 12.6. The summed E-state index contributed by atoms with van der Waals surface area (Å²) < 4.78 is 29.7. The molecule has 25 heavy (non-hydrogen) atoms. The standard InChI is InChI=1S/C16H16ClN3O2S.C2H6/c1-10-13(17)5-4-6-16(10)23(21,22)19-12-7-8-15-14(9-12)18-11(2)20(15)3;1-2/h4-9,19H,1-3H3;1-2H3. The van der Waals surface area contributed by atoms with E-state index >= 15 is 0 Å². The quantitative estimate of drug-likeness (QED) is 0.719. The second-order valence-corrected chi connectivity index (χ2v) is 7.45. The minimum atomic E-state index is -3.71. The number of rotatable bonds is 3. The summed E-state index contributed by atoms with van der Waals surface area (Å²) in [6.45, 7) is 7.58. The molecule has 1 aromatic heterocycles. The largest absolute Gasteiger partial charge is 0.331 e. The third kappa shape index (κ3) is 3.80. The van der Waals surface area contributed by atoms with Gasteiger partial charge in [0.25, 0.3) is 10.0 Å². The molecule has 0 spiro atoms. The van der Waals surface area contributed by atoms with Crippen LogP contribution in [0, 0.1) is 13.8 Å². The van der Waals surface area contributed by atoms with Gasteiger partial charge < -0.3 is 4.57 Å². The van der Waals surface area contributed by atoms with Gasteiger partial charge in [-0.1, -0.05) is 31.5 Å². The molecule has 1 heterocycles. The van der Waals surface area contributed by atoms with Crippen molar-refractivity contribution in [1.29, 1.82) is 0 Å². The lowest BCUT2D eigenvalue weighted by atomic mass is 10.2. The summed E-state index contributed by atoms with van der Waals surface area (Å²) in [5.41, 5.74) is 2.68. The molecule has 0 amide bonds. The zero-order valence-corrected chi connectivity index (χ0v) is 16.5. The molecule has 2 aromatic carbocycles. The summed E-state index contributed by atoms with van der Waals surface area (Å²) in [6, 6.07) is 10.1. The van der Waals surface area contributed by atoms with Gasteiger partial charge in [0.15, 0.2) is 0 Å². The van der Waals surface area contributed by atoms with Crippen molar-refractivity contribution in [3.8, 4) is 0 Å². The molecule has 0 atom stereocenters. The predicted molar refractivity (Wildman–Crippen MR) is 104 cm³/mol. The van der Waals surface area contributed by atoms with Gasteiger partial charge in [0.1, 0.15) is 5.82 Å². The van der Waals surface area contributed by atoms with Gasteiger partial charge in [-0.3, -0.25) is 4.72 Å². The molecular weight excluding hydrogens is 358 g/mol. The number of hydrogen-bond acceptors (Lipinski definition) is 3. The first-order chi connectivity index (χ1) is 11.8. The maximum atomic E-state index is 12.6. The number of hydrogen-bond donors (Lipinski definition) is 1. The molecular formula is C18H22ClN3O2S. The topological polar surface area (TPSA) is 64.0 Å². The third-order valence-electron chi connectivity index (χ3n) is 3.86. The van der Waals surface area contributed by atoms with Crippen LogP contribution in [0.5, 0.6) is 0 Å². The molecule has 0 fully saturated rings. The van der Waals surface area contributed by atoms with E-state index in [1.807, 2.05) is 38.5 Å². The Hall–Kier alpha value is -2.05. The molecule has 7 heteroatoms. The van der Waals surface area contributed by atoms with E-state index < -0.39 is 10.0 Å². The van der Waals surface area contributed by atoms with Crippen molar-refractivity contribution in [2.75, 3.05) is 4.72 Å². The molecule has 0 radical (unpaired) electrons. The van der Waals surface area contributed by atoms with Gasteiger partial charge in [-0.05, 0) is 49.7 Å². The normalized spacial score (nSPS) is 11.1. The Kier molecular flexibility index (Phi) is 5.75. The SMILES string of the molecule is CC.Cc1c(Cl)cccc1S(=O)(=O)Nc1ccc2c(c1)nc(C)n2C. The molecule has 0 aliphatic heterocycles. The highest BCUT2D eigenvalue weighted by Gasteiger charge is 2.18. The van der Waals surface area contributed by atoms with Crippen molar-refractivity contribution in [1.82, 2.24) is 9.55 Å². The van der Waals surface area contributed by atoms with Crippen LogP contribution in [-0.4, -0.2) is 18.0 Å². The van der Waals surface area contributed by atoms with Gasteiger partial charge in [-0.25, -0.2) is 13.4 Å². The zero-order chi connectivity index (χ0) is 18.8. The van der Waals surface area contributed by atoms with Crippen LogP contribution in [0.3, 0.4) is 0 Å². The summed E-state index contributed by atoms with van der Waals surface area (Å²) in [7, 11) is -1.79. The van der Waals surface area contributed by atoms with Gasteiger partial charge in [-0.15, -0.1) is 0 Å². The second kappa shape index (κ2) is 7.45. The van der Waals surface area contributed by atoms with E-state index in [-0.39, 0.29) is 4.90 Å². The number of halogens is 1. The van der Waals surface area contributed by atoms with E-state index in [0.29, 0.717) is 16.3 Å². The molecule has 0 saturated heterocycles. The van der Waals surface area contributed by atoms with Crippen LogP contribution in [-0.2, 0) is 17.1 Å². The second-order valence-electron chi connectivity index (χ2n) is 5.39. The van der Waals surface area contributed by atoms with Crippen LogP contribution in [0.4, 0.5) is 5.69 Å². The first-order valence-corrected chi connectivity index (χ1v) is 9.87. The molecule has 0 aliphatic carbocycles. The number of imidazole rings is 1. The highest BCUT2D eigenvalue weighted by molar-refractivity contribution is 7.92. The molecule has 0 unspecified atom stereocenters. The van der Waals surface area contributed by atoms with Crippen molar-refractivity contribution in [2.45, 2.75) is 32.6 Å². The van der Waals surface area contributed by atoms with Crippen LogP contribution in [0.2, 0.25) is 5.02 Å².